The summed E-state index contributed by atoms with van der Waals surface area (Å²) in [5.41, 5.74) is 0.273. The molecule has 112 valence electrons. The lowest BCUT2D eigenvalue weighted by atomic mass is 9.85. The van der Waals surface area contributed by atoms with Gasteiger partial charge in [-0.2, -0.15) is 0 Å². The molecule has 2 saturated heterocycles. The molecular formula is C13H14Cl2N4O2. The second-order valence-electron chi connectivity index (χ2n) is 5.38. The standard InChI is InChI=1S/C13H14Cl2N4O2/c14-10-5-8(12(15)18-17-10)13(21)19-4-3-9-7(6-19)1-2-11(20)16-9/h5,7,9H,1-4,6H2,(H,16,20). The number of halogens is 2. The van der Waals surface area contributed by atoms with Crippen LogP contribution in [0.4, 0.5) is 0 Å². The molecule has 0 bridgehead atoms. The maximum atomic E-state index is 12.5. The number of carbonyl (C=O) groups excluding carboxylic acids is 2. The van der Waals surface area contributed by atoms with Crippen LogP contribution in [0.1, 0.15) is 29.6 Å². The Morgan fingerprint density at radius 1 is 1.33 bits per heavy atom. The van der Waals surface area contributed by atoms with Crippen LogP contribution in [0.3, 0.4) is 0 Å². The SMILES string of the molecule is O=C1CCC2CN(C(=O)c3cc(Cl)nnc3Cl)CCC2N1. The number of rotatable bonds is 1. The van der Waals surface area contributed by atoms with E-state index in [-0.39, 0.29) is 33.7 Å². The van der Waals surface area contributed by atoms with E-state index in [9.17, 15) is 9.59 Å². The van der Waals surface area contributed by atoms with Crippen molar-refractivity contribution in [2.24, 2.45) is 5.92 Å². The van der Waals surface area contributed by atoms with Crippen molar-refractivity contribution < 1.29 is 9.59 Å². The van der Waals surface area contributed by atoms with E-state index in [0.717, 1.165) is 12.8 Å². The minimum atomic E-state index is -0.188. The van der Waals surface area contributed by atoms with Crippen LogP contribution < -0.4 is 5.32 Å². The summed E-state index contributed by atoms with van der Waals surface area (Å²) < 4.78 is 0. The Morgan fingerprint density at radius 2 is 2.14 bits per heavy atom. The molecule has 1 N–H and O–H groups in total. The molecule has 6 nitrogen and oxygen atoms in total. The first-order valence-electron chi connectivity index (χ1n) is 6.82. The smallest absolute Gasteiger partial charge is 0.257 e. The zero-order valence-electron chi connectivity index (χ0n) is 11.2. The van der Waals surface area contributed by atoms with Crippen LogP contribution >= 0.6 is 23.2 Å². The number of aromatic nitrogens is 2. The summed E-state index contributed by atoms with van der Waals surface area (Å²) >= 11 is 11.7. The van der Waals surface area contributed by atoms with Gasteiger partial charge in [0, 0.05) is 25.6 Å². The van der Waals surface area contributed by atoms with Gasteiger partial charge >= 0.3 is 0 Å². The lowest BCUT2D eigenvalue weighted by Gasteiger charge is -2.41. The molecule has 8 heteroatoms. The molecule has 21 heavy (non-hydrogen) atoms. The van der Waals surface area contributed by atoms with Crippen molar-refractivity contribution in [3.63, 3.8) is 0 Å². The number of amides is 2. The molecule has 2 fully saturated rings. The molecule has 3 rings (SSSR count). The van der Waals surface area contributed by atoms with Crippen LogP contribution in [-0.2, 0) is 4.79 Å². The highest BCUT2D eigenvalue weighted by molar-refractivity contribution is 6.34. The Bertz CT molecular complexity index is 596. The molecule has 0 aromatic carbocycles. The van der Waals surface area contributed by atoms with Gasteiger partial charge in [0.1, 0.15) is 0 Å². The molecule has 1 aromatic rings. The summed E-state index contributed by atoms with van der Waals surface area (Å²) in [5, 5.41) is 10.5. The predicted molar refractivity (Wildman–Crippen MR) is 77.2 cm³/mol. The maximum Gasteiger partial charge on any atom is 0.257 e. The van der Waals surface area contributed by atoms with Gasteiger partial charge in [-0.15, -0.1) is 10.2 Å². The Hall–Kier alpha value is -1.40. The van der Waals surface area contributed by atoms with Gasteiger partial charge in [0.15, 0.2) is 10.3 Å². The van der Waals surface area contributed by atoms with E-state index in [2.05, 4.69) is 15.5 Å². The van der Waals surface area contributed by atoms with Crippen LogP contribution in [-0.4, -0.2) is 46.0 Å². The second-order valence-corrected chi connectivity index (χ2v) is 6.13. The molecular weight excluding hydrogens is 315 g/mol. The number of fused-ring (bicyclic) bond motifs is 1. The van der Waals surface area contributed by atoms with E-state index in [1.807, 2.05) is 0 Å². The number of piperidine rings is 2. The van der Waals surface area contributed by atoms with Crippen molar-refractivity contribution >= 4 is 35.0 Å². The monoisotopic (exact) mass is 328 g/mol. The summed E-state index contributed by atoms with van der Waals surface area (Å²) in [6.45, 7) is 1.19. The van der Waals surface area contributed by atoms with E-state index in [1.54, 1.807) is 4.90 Å². The van der Waals surface area contributed by atoms with Gasteiger partial charge in [0.05, 0.1) is 5.56 Å². The number of nitrogens with one attached hydrogen (secondary N) is 1. The minimum absolute atomic E-state index is 0.0588. The van der Waals surface area contributed by atoms with Gasteiger partial charge in [0.25, 0.3) is 5.91 Å². The molecule has 3 heterocycles. The minimum Gasteiger partial charge on any atom is -0.353 e. The zero-order chi connectivity index (χ0) is 15.0. The quantitative estimate of drug-likeness (QED) is 0.848. The van der Waals surface area contributed by atoms with E-state index in [1.165, 1.54) is 6.07 Å². The Balaban J connectivity index is 1.74. The highest BCUT2D eigenvalue weighted by Gasteiger charge is 2.36. The van der Waals surface area contributed by atoms with Gasteiger partial charge in [0.2, 0.25) is 5.91 Å². The fraction of sp³-hybridized carbons (Fsp3) is 0.538. The van der Waals surface area contributed by atoms with E-state index in [0.29, 0.717) is 25.4 Å². The fourth-order valence-electron chi connectivity index (χ4n) is 2.97. The highest BCUT2D eigenvalue weighted by Crippen LogP contribution is 2.27. The molecule has 0 saturated carbocycles. The third-order valence-corrected chi connectivity index (χ3v) is 4.52. The van der Waals surface area contributed by atoms with Gasteiger partial charge < -0.3 is 10.2 Å². The molecule has 0 radical (unpaired) electrons. The molecule has 2 aliphatic rings. The van der Waals surface area contributed by atoms with Crippen molar-refractivity contribution in [1.82, 2.24) is 20.4 Å². The third kappa shape index (κ3) is 2.96. The first-order valence-corrected chi connectivity index (χ1v) is 7.57. The lowest BCUT2D eigenvalue weighted by molar-refractivity contribution is -0.125. The van der Waals surface area contributed by atoms with Gasteiger partial charge in [-0.25, -0.2) is 0 Å². The summed E-state index contributed by atoms with van der Waals surface area (Å²) in [6, 6.07) is 1.61. The Kier molecular flexibility index (Phi) is 3.99. The molecule has 2 amide bonds. The molecule has 2 atom stereocenters. The van der Waals surface area contributed by atoms with Gasteiger partial charge in [-0.05, 0) is 24.8 Å². The molecule has 2 aliphatic heterocycles. The average molecular weight is 329 g/mol. The number of carbonyl (C=O) groups is 2. The first kappa shape index (κ1) is 14.5. The van der Waals surface area contributed by atoms with Crippen molar-refractivity contribution in [1.29, 1.82) is 0 Å². The summed E-state index contributed by atoms with van der Waals surface area (Å²) in [7, 11) is 0. The van der Waals surface area contributed by atoms with Crippen LogP contribution in [0.2, 0.25) is 10.3 Å². The van der Waals surface area contributed by atoms with E-state index >= 15 is 0 Å². The van der Waals surface area contributed by atoms with Crippen molar-refractivity contribution in [3.8, 4) is 0 Å². The lowest BCUT2D eigenvalue weighted by Crippen LogP contribution is -2.55. The van der Waals surface area contributed by atoms with Crippen molar-refractivity contribution in [2.75, 3.05) is 13.1 Å². The summed E-state index contributed by atoms with van der Waals surface area (Å²) in [6.07, 6.45) is 2.09. The van der Waals surface area contributed by atoms with E-state index < -0.39 is 0 Å². The highest BCUT2D eigenvalue weighted by atomic mass is 35.5. The molecule has 2 unspecified atom stereocenters. The number of hydrogen-bond acceptors (Lipinski definition) is 4. The number of nitrogens with zero attached hydrogens (tertiary/aromatic N) is 3. The number of likely N-dealkylation sites (tertiary alicyclic amines) is 1. The summed E-state index contributed by atoms with van der Waals surface area (Å²) in [4.78, 5) is 25.7. The first-order chi connectivity index (χ1) is 10.0. The number of hydrogen-bond donors (Lipinski definition) is 1. The maximum absolute atomic E-state index is 12.5. The van der Waals surface area contributed by atoms with Crippen LogP contribution in [0.25, 0.3) is 0 Å². The Morgan fingerprint density at radius 3 is 2.95 bits per heavy atom. The van der Waals surface area contributed by atoms with Crippen molar-refractivity contribution in [2.45, 2.75) is 25.3 Å². The average Bonchev–Trinajstić information content (AvgIpc) is 2.48. The fourth-order valence-corrected chi connectivity index (χ4v) is 3.29. The third-order valence-electron chi connectivity index (χ3n) is 4.06. The summed E-state index contributed by atoms with van der Waals surface area (Å²) in [5.74, 6) is 0.209. The zero-order valence-corrected chi connectivity index (χ0v) is 12.7. The van der Waals surface area contributed by atoms with Crippen LogP contribution in [0, 0.1) is 5.92 Å². The topological polar surface area (TPSA) is 75.2 Å². The molecule has 1 aromatic heterocycles. The predicted octanol–water partition coefficient (Wildman–Crippen LogP) is 1.52. The van der Waals surface area contributed by atoms with Gasteiger partial charge in [-0.1, -0.05) is 23.2 Å². The van der Waals surface area contributed by atoms with E-state index in [4.69, 9.17) is 23.2 Å². The van der Waals surface area contributed by atoms with Gasteiger partial charge in [-0.3, -0.25) is 9.59 Å². The van der Waals surface area contributed by atoms with Crippen LogP contribution in [0.15, 0.2) is 6.07 Å². The van der Waals surface area contributed by atoms with Crippen LogP contribution in [0.5, 0.6) is 0 Å². The largest absolute Gasteiger partial charge is 0.353 e. The molecule has 0 spiro atoms. The second kappa shape index (κ2) is 5.77. The molecule has 0 aliphatic carbocycles. The Labute approximate surface area is 131 Å². The normalized spacial score (nSPS) is 25.2. The van der Waals surface area contributed by atoms with Crippen molar-refractivity contribution in [3.05, 3.63) is 21.9 Å².